The molecule has 0 aliphatic carbocycles. The summed E-state index contributed by atoms with van der Waals surface area (Å²) in [6.45, 7) is 0. The van der Waals surface area contributed by atoms with E-state index in [4.69, 9.17) is 0 Å². The Bertz CT molecular complexity index is 483. The Balaban J connectivity index is 1.73. The number of hydrogen-bond donors (Lipinski definition) is 0. The molecule has 0 fully saturated rings. The van der Waals surface area contributed by atoms with E-state index in [-0.39, 0.29) is 0 Å². The van der Waals surface area contributed by atoms with Gasteiger partial charge in [0.25, 0.3) is 0 Å². The molecule has 0 amide bonds. The number of hydrogen-bond acceptors (Lipinski definition) is 6. The Kier molecular flexibility index (Phi) is 5.59. The van der Waals surface area contributed by atoms with Crippen LogP contribution in [-0.2, 0) is 0 Å². The van der Waals surface area contributed by atoms with Gasteiger partial charge in [0.15, 0.2) is 0 Å². The van der Waals surface area contributed by atoms with Gasteiger partial charge >= 0.3 is 0 Å². The van der Waals surface area contributed by atoms with E-state index in [2.05, 4.69) is 46.4 Å². The summed E-state index contributed by atoms with van der Waals surface area (Å²) in [7, 11) is 0. The third-order valence-corrected chi connectivity index (χ3v) is 6.80. The van der Waals surface area contributed by atoms with Crippen LogP contribution in [0.3, 0.4) is 0 Å². The van der Waals surface area contributed by atoms with Crippen LogP contribution in [0.5, 0.6) is 0 Å². The van der Waals surface area contributed by atoms with E-state index < -0.39 is 0 Å². The van der Waals surface area contributed by atoms with Gasteiger partial charge in [-0.25, -0.2) is 9.97 Å². The van der Waals surface area contributed by atoms with Crippen molar-refractivity contribution >= 4 is 47.0 Å². The number of aromatic nitrogens is 2. The molecule has 2 aromatic rings. The van der Waals surface area contributed by atoms with Crippen LogP contribution in [0, 0.1) is 0 Å². The molecule has 20 heavy (non-hydrogen) atoms. The number of thioether (sulfide) groups is 4. The first-order valence-electron chi connectivity index (χ1n) is 6.35. The Labute approximate surface area is 136 Å². The van der Waals surface area contributed by atoms with E-state index in [1.807, 2.05) is 47.0 Å². The first-order chi connectivity index (χ1) is 9.90. The van der Waals surface area contributed by atoms with Gasteiger partial charge in [-0.3, -0.25) is 0 Å². The molecule has 6 heteroatoms. The molecule has 3 rings (SSSR count). The van der Waals surface area contributed by atoms with Crippen LogP contribution in [0.4, 0.5) is 0 Å². The smallest absolute Gasteiger partial charge is 0.0973 e. The van der Waals surface area contributed by atoms with Crippen molar-refractivity contribution in [3.8, 4) is 0 Å². The largest absolute Gasteiger partial charge is 0.235 e. The number of nitrogens with zero attached hydrogens (tertiary/aromatic N) is 2. The maximum absolute atomic E-state index is 4.68. The summed E-state index contributed by atoms with van der Waals surface area (Å²) < 4.78 is 0. The Hall–Kier alpha value is -0.300. The molecule has 1 aliphatic rings. The van der Waals surface area contributed by atoms with Crippen molar-refractivity contribution in [1.82, 2.24) is 9.97 Å². The van der Waals surface area contributed by atoms with Gasteiger partial charge in [-0.2, -0.15) is 0 Å². The predicted octanol–water partition coefficient (Wildman–Crippen LogP) is 4.56. The standard InChI is InChI=1S/C14H14N2S4/c1-3-11-15-12(4-1)18-8-10-20-14-6-2-5-13(16-14)19-9-7-17-11/h1-6H,7-10H2. The first kappa shape index (κ1) is 14.6. The van der Waals surface area contributed by atoms with Crippen molar-refractivity contribution in [2.75, 3.05) is 23.0 Å². The van der Waals surface area contributed by atoms with Gasteiger partial charge in [0.1, 0.15) is 0 Å². The van der Waals surface area contributed by atoms with Crippen molar-refractivity contribution in [2.24, 2.45) is 0 Å². The first-order valence-corrected chi connectivity index (χ1v) is 10.3. The third-order valence-electron chi connectivity index (χ3n) is 2.56. The van der Waals surface area contributed by atoms with Crippen LogP contribution < -0.4 is 0 Å². The summed E-state index contributed by atoms with van der Waals surface area (Å²) in [6.07, 6.45) is 0. The monoisotopic (exact) mass is 338 g/mol. The fourth-order valence-corrected chi connectivity index (χ4v) is 5.33. The quantitative estimate of drug-likeness (QED) is 0.698. The molecule has 0 radical (unpaired) electrons. The number of fused-ring (bicyclic) bond motifs is 4. The maximum atomic E-state index is 4.68. The summed E-state index contributed by atoms with van der Waals surface area (Å²) in [4.78, 5) is 9.36. The topological polar surface area (TPSA) is 25.8 Å². The minimum Gasteiger partial charge on any atom is -0.235 e. The molecule has 3 heterocycles. The average Bonchev–Trinajstić information content (AvgIpc) is 2.48. The SMILES string of the molecule is c1cc2nc(c1)SCCSc1cccc(n1)SCCS2. The number of rotatable bonds is 0. The lowest BCUT2D eigenvalue weighted by molar-refractivity contribution is 1.00. The highest BCUT2D eigenvalue weighted by Crippen LogP contribution is 2.27. The summed E-state index contributed by atoms with van der Waals surface area (Å²) in [5, 5.41) is 4.51. The zero-order valence-corrected chi connectivity index (χ0v) is 14.1. The second-order valence-electron chi connectivity index (χ2n) is 4.02. The molecule has 0 atom stereocenters. The second-order valence-corrected chi connectivity index (χ2v) is 8.48. The molecule has 0 saturated carbocycles. The zero-order chi connectivity index (χ0) is 13.6. The van der Waals surface area contributed by atoms with Crippen molar-refractivity contribution in [3.05, 3.63) is 36.4 Å². The molecule has 0 unspecified atom stereocenters. The third kappa shape index (κ3) is 4.35. The van der Waals surface area contributed by atoms with Gasteiger partial charge in [-0.15, -0.1) is 47.0 Å². The molecule has 2 nitrogen and oxygen atoms in total. The molecule has 4 bridgehead atoms. The molecule has 2 aromatic heterocycles. The van der Waals surface area contributed by atoms with Crippen molar-refractivity contribution in [3.63, 3.8) is 0 Å². The normalized spacial score (nSPS) is 16.4. The molecule has 0 aromatic carbocycles. The van der Waals surface area contributed by atoms with Gasteiger partial charge in [0, 0.05) is 23.0 Å². The van der Waals surface area contributed by atoms with E-state index in [9.17, 15) is 0 Å². The Morgan fingerprint density at radius 3 is 1.15 bits per heavy atom. The predicted molar refractivity (Wildman–Crippen MR) is 91.4 cm³/mol. The molecular formula is C14H14N2S4. The van der Waals surface area contributed by atoms with E-state index in [0.29, 0.717) is 0 Å². The highest BCUT2D eigenvalue weighted by atomic mass is 32.2. The van der Waals surface area contributed by atoms with Crippen LogP contribution in [0.2, 0.25) is 0 Å². The summed E-state index contributed by atoms with van der Waals surface area (Å²) in [6, 6.07) is 12.6. The molecule has 0 N–H and O–H groups in total. The van der Waals surface area contributed by atoms with Crippen LogP contribution in [0.1, 0.15) is 0 Å². The van der Waals surface area contributed by atoms with Crippen LogP contribution in [0.25, 0.3) is 0 Å². The fourth-order valence-electron chi connectivity index (χ4n) is 1.70. The van der Waals surface area contributed by atoms with Crippen LogP contribution >= 0.6 is 47.0 Å². The van der Waals surface area contributed by atoms with Crippen LogP contribution in [-0.4, -0.2) is 33.0 Å². The maximum Gasteiger partial charge on any atom is 0.0973 e. The lowest BCUT2D eigenvalue weighted by Gasteiger charge is -2.07. The molecule has 104 valence electrons. The lowest BCUT2D eigenvalue weighted by atomic mass is 10.5. The van der Waals surface area contributed by atoms with Gasteiger partial charge in [0.05, 0.1) is 20.1 Å². The van der Waals surface area contributed by atoms with Gasteiger partial charge in [0.2, 0.25) is 0 Å². The van der Waals surface area contributed by atoms with Gasteiger partial charge < -0.3 is 0 Å². The van der Waals surface area contributed by atoms with E-state index >= 15 is 0 Å². The zero-order valence-electron chi connectivity index (χ0n) is 10.8. The Morgan fingerprint density at radius 1 is 0.550 bits per heavy atom. The van der Waals surface area contributed by atoms with Gasteiger partial charge in [-0.1, -0.05) is 12.1 Å². The van der Waals surface area contributed by atoms with Crippen LogP contribution in [0.15, 0.2) is 56.5 Å². The second kappa shape index (κ2) is 7.64. The van der Waals surface area contributed by atoms with Crippen molar-refractivity contribution in [2.45, 2.75) is 20.1 Å². The highest BCUT2D eigenvalue weighted by molar-refractivity contribution is 8.03. The highest BCUT2D eigenvalue weighted by Gasteiger charge is 2.04. The van der Waals surface area contributed by atoms with E-state index in [1.165, 1.54) is 0 Å². The molecule has 1 aliphatic heterocycles. The summed E-state index contributed by atoms with van der Waals surface area (Å²) >= 11 is 7.29. The number of pyridine rings is 2. The van der Waals surface area contributed by atoms with E-state index in [1.54, 1.807) is 0 Å². The minimum atomic E-state index is 1.06. The van der Waals surface area contributed by atoms with Crippen molar-refractivity contribution in [1.29, 1.82) is 0 Å². The molecular weight excluding hydrogens is 324 g/mol. The lowest BCUT2D eigenvalue weighted by Crippen LogP contribution is -1.93. The molecule has 0 saturated heterocycles. The minimum absolute atomic E-state index is 1.06. The fraction of sp³-hybridized carbons (Fsp3) is 0.286. The van der Waals surface area contributed by atoms with Gasteiger partial charge in [-0.05, 0) is 24.3 Å². The molecule has 0 spiro atoms. The van der Waals surface area contributed by atoms with Crippen molar-refractivity contribution < 1.29 is 0 Å². The van der Waals surface area contributed by atoms with E-state index in [0.717, 1.165) is 43.1 Å². The summed E-state index contributed by atoms with van der Waals surface area (Å²) in [5.41, 5.74) is 0. The average molecular weight is 339 g/mol. The summed E-state index contributed by atoms with van der Waals surface area (Å²) in [5.74, 6) is 4.24. The Morgan fingerprint density at radius 2 is 0.850 bits per heavy atom.